The van der Waals surface area contributed by atoms with Crippen LogP contribution < -0.4 is 0 Å². The summed E-state index contributed by atoms with van der Waals surface area (Å²) in [6.45, 7) is 1.83. The lowest BCUT2D eigenvalue weighted by Gasteiger charge is -2.27. The van der Waals surface area contributed by atoms with E-state index < -0.39 is 11.6 Å². The van der Waals surface area contributed by atoms with Gasteiger partial charge in [-0.1, -0.05) is 30.3 Å². The molecule has 0 aliphatic rings. The maximum absolute atomic E-state index is 11.8. The van der Waals surface area contributed by atoms with Crippen LogP contribution in [0.4, 0.5) is 0 Å². The molecular formula is C14H18O4. The van der Waals surface area contributed by atoms with Crippen LogP contribution in [0.3, 0.4) is 0 Å². The van der Waals surface area contributed by atoms with Gasteiger partial charge in [0.15, 0.2) is 0 Å². The summed E-state index contributed by atoms with van der Waals surface area (Å²) in [6, 6.07) is 9.47. The first-order valence-electron chi connectivity index (χ1n) is 5.71. The Balaban J connectivity index is 2.78. The van der Waals surface area contributed by atoms with E-state index in [-0.39, 0.29) is 18.6 Å². The molecule has 0 heterocycles. The van der Waals surface area contributed by atoms with Crippen LogP contribution in [0.25, 0.3) is 0 Å². The molecule has 4 nitrogen and oxygen atoms in total. The van der Waals surface area contributed by atoms with Crippen molar-refractivity contribution in [3.8, 4) is 0 Å². The molecule has 0 saturated carbocycles. The molecule has 4 heteroatoms. The highest BCUT2D eigenvalue weighted by Gasteiger charge is 2.29. The van der Waals surface area contributed by atoms with Crippen molar-refractivity contribution in [2.24, 2.45) is 0 Å². The van der Waals surface area contributed by atoms with Gasteiger partial charge in [0.25, 0.3) is 0 Å². The number of carbonyl (C=O) groups excluding carboxylic acids is 2. The second-order valence-corrected chi connectivity index (χ2v) is 4.27. The minimum atomic E-state index is -0.716. The van der Waals surface area contributed by atoms with Crippen LogP contribution in [0.15, 0.2) is 30.3 Å². The number of hydrogen-bond acceptors (Lipinski definition) is 4. The molecule has 0 spiro atoms. The molecular weight excluding hydrogens is 232 g/mol. The molecule has 0 amide bonds. The summed E-state index contributed by atoms with van der Waals surface area (Å²) in [5.74, 6) is -0.721. The van der Waals surface area contributed by atoms with Gasteiger partial charge in [-0.05, 0) is 12.5 Å². The van der Waals surface area contributed by atoms with Crippen molar-refractivity contribution in [2.75, 3.05) is 14.2 Å². The fraction of sp³-hybridized carbons (Fsp3) is 0.429. The molecule has 0 saturated heterocycles. The number of benzene rings is 1. The van der Waals surface area contributed by atoms with Crippen molar-refractivity contribution in [1.29, 1.82) is 0 Å². The topological polar surface area (TPSA) is 52.6 Å². The number of ketones is 1. The minimum absolute atomic E-state index is 0.141. The summed E-state index contributed by atoms with van der Waals surface area (Å²) < 4.78 is 9.91. The summed E-state index contributed by atoms with van der Waals surface area (Å²) >= 11 is 0. The van der Waals surface area contributed by atoms with Crippen LogP contribution in [0.2, 0.25) is 0 Å². The van der Waals surface area contributed by atoms with Gasteiger partial charge in [-0.3, -0.25) is 9.59 Å². The zero-order chi connectivity index (χ0) is 13.6. The van der Waals surface area contributed by atoms with Crippen LogP contribution in [-0.4, -0.2) is 26.0 Å². The van der Waals surface area contributed by atoms with Gasteiger partial charge in [-0.2, -0.15) is 0 Å². The van der Waals surface area contributed by atoms with Gasteiger partial charge in [0.1, 0.15) is 12.2 Å². The molecule has 1 atom stereocenters. The molecule has 1 unspecified atom stereocenters. The first kappa shape index (κ1) is 14.4. The van der Waals surface area contributed by atoms with E-state index in [1.165, 1.54) is 7.11 Å². The summed E-state index contributed by atoms with van der Waals surface area (Å²) in [7, 11) is 2.82. The zero-order valence-electron chi connectivity index (χ0n) is 10.9. The monoisotopic (exact) mass is 250 g/mol. The molecule has 0 aromatic heterocycles. The van der Waals surface area contributed by atoms with E-state index in [1.54, 1.807) is 7.11 Å². The number of carbonyl (C=O) groups is 2. The highest BCUT2D eigenvalue weighted by Crippen LogP contribution is 2.28. The van der Waals surface area contributed by atoms with Crippen molar-refractivity contribution < 1.29 is 19.1 Å². The van der Waals surface area contributed by atoms with Gasteiger partial charge in [-0.25, -0.2) is 0 Å². The van der Waals surface area contributed by atoms with Gasteiger partial charge in [-0.15, -0.1) is 0 Å². The third kappa shape index (κ3) is 3.67. The summed E-state index contributed by atoms with van der Waals surface area (Å²) in [5, 5.41) is 0. The van der Waals surface area contributed by atoms with Gasteiger partial charge in [0.2, 0.25) is 0 Å². The lowest BCUT2D eigenvalue weighted by Crippen LogP contribution is -2.28. The highest BCUT2D eigenvalue weighted by molar-refractivity contribution is 5.95. The Kier molecular flexibility index (Phi) is 5.04. The second-order valence-electron chi connectivity index (χ2n) is 4.27. The predicted octanol–water partition coefficient (Wildman–Crippen LogP) is 2.07. The predicted molar refractivity (Wildman–Crippen MR) is 67.1 cm³/mol. The smallest absolute Gasteiger partial charge is 0.313 e. The van der Waals surface area contributed by atoms with Gasteiger partial charge in [0.05, 0.1) is 12.7 Å². The van der Waals surface area contributed by atoms with Gasteiger partial charge in [0, 0.05) is 13.5 Å². The number of hydrogen-bond donors (Lipinski definition) is 0. The van der Waals surface area contributed by atoms with Gasteiger partial charge < -0.3 is 9.47 Å². The fourth-order valence-electron chi connectivity index (χ4n) is 1.75. The molecule has 1 aromatic carbocycles. The van der Waals surface area contributed by atoms with Crippen molar-refractivity contribution in [3.63, 3.8) is 0 Å². The standard InChI is InChI=1S/C14H18O4/c1-14(18-3,11-7-5-4-6-8-11)10-12(15)9-13(16)17-2/h4-8H,9-10H2,1-3H3. The highest BCUT2D eigenvalue weighted by atomic mass is 16.5. The Morgan fingerprint density at radius 2 is 1.78 bits per heavy atom. The SMILES string of the molecule is COC(=O)CC(=O)CC(C)(OC)c1ccccc1. The number of esters is 1. The first-order chi connectivity index (χ1) is 8.51. The quantitative estimate of drug-likeness (QED) is 0.573. The Labute approximate surface area is 107 Å². The van der Waals surface area contributed by atoms with Crippen LogP contribution in [-0.2, 0) is 24.7 Å². The lowest BCUT2D eigenvalue weighted by atomic mass is 9.89. The van der Waals surface area contributed by atoms with E-state index in [4.69, 9.17) is 4.74 Å². The largest absolute Gasteiger partial charge is 0.469 e. The van der Waals surface area contributed by atoms with E-state index >= 15 is 0 Å². The van der Waals surface area contributed by atoms with E-state index in [0.29, 0.717) is 0 Å². The van der Waals surface area contributed by atoms with Crippen molar-refractivity contribution in [2.45, 2.75) is 25.4 Å². The van der Waals surface area contributed by atoms with Crippen molar-refractivity contribution in [1.82, 2.24) is 0 Å². The third-order valence-electron chi connectivity index (χ3n) is 2.94. The molecule has 0 aliphatic heterocycles. The molecule has 1 rings (SSSR count). The van der Waals surface area contributed by atoms with Crippen LogP contribution in [0, 0.1) is 0 Å². The zero-order valence-corrected chi connectivity index (χ0v) is 10.9. The third-order valence-corrected chi connectivity index (χ3v) is 2.94. The number of ether oxygens (including phenoxy) is 2. The lowest BCUT2D eigenvalue weighted by molar-refractivity contribution is -0.144. The number of Topliss-reactive ketones (excluding diaryl/α,β-unsaturated/α-hetero) is 1. The van der Waals surface area contributed by atoms with Crippen LogP contribution in [0.5, 0.6) is 0 Å². The van der Waals surface area contributed by atoms with E-state index in [9.17, 15) is 9.59 Å². The van der Waals surface area contributed by atoms with E-state index in [0.717, 1.165) is 5.56 Å². The van der Waals surface area contributed by atoms with E-state index in [1.807, 2.05) is 37.3 Å². The summed E-state index contributed by atoms with van der Waals surface area (Å²) in [6.07, 6.45) is -0.0785. The molecule has 0 bridgehead atoms. The summed E-state index contributed by atoms with van der Waals surface area (Å²) in [4.78, 5) is 22.8. The Morgan fingerprint density at radius 3 is 2.28 bits per heavy atom. The average Bonchev–Trinajstić information content (AvgIpc) is 2.39. The van der Waals surface area contributed by atoms with E-state index in [2.05, 4.69) is 4.74 Å². The minimum Gasteiger partial charge on any atom is -0.469 e. The normalized spacial score (nSPS) is 13.7. The number of rotatable bonds is 6. The molecule has 0 aliphatic carbocycles. The average molecular weight is 250 g/mol. The van der Waals surface area contributed by atoms with Crippen LogP contribution in [0.1, 0.15) is 25.3 Å². The van der Waals surface area contributed by atoms with Crippen molar-refractivity contribution in [3.05, 3.63) is 35.9 Å². The Bertz CT molecular complexity index is 413. The van der Waals surface area contributed by atoms with Crippen LogP contribution >= 0.6 is 0 Å². The maximum atomic E-state index is 11.8. The fourth-order valence-corrected chi connectivity index (χ4v) is 1.75. The molecule has 1 aromatic rings. The van der Waals surface area contributed by atoms with Gasteiger partial charge >= 0.3 is 5.97 Å². The first-order valence-corrected chi connectivity index (χ1v) is 5.71. The maximum Gasteiger partial charge on any atom is 0.313 e. The Hall–Kier alpha value is -1.68. The molecule has 98 valence electrons. The van der Waals surface area contributed by atoms with Crippen molar-refractivity contribution >= 4 is 11.8 Å². The number of methoxy groups -OCH3 is 2. The molecule has 0 radical (unpaired) electrons. The molecule has 18 heavy (non-hydrogen) atoms. The second kappa shape index (κ2) is 6.31. The summed E-state index contributed by atoms with van der Waals surface area (Å²) in [5.41, 5.74) is 0.192. The molecule has 0 fully saturated rings. The molecule has 0 N–H and O–H groups in total. The Morgan fingerprint density at radius 1 is 1.17 bits per heavy atom.